The summed E-state index contributed by atoms with van der Waals surface area (Å²) in [6.45, 7) is 4.33. The molecule has 0 N–H and O–H groups in total. The molecule has 1 aromatic carbocycles. The van der Waals surface area contributed by atoms with Crippen LogP contribution in [0.3, 0.4) is 0 Å². The first-order chi connectivity index (χ1) is 9.70. The van der Waals surface area contributed by atoms with Gasteiger partial charge in [0.05, 0.1) is 6.61 Å². The molecule has 1 fully saturated rings. The molecule has 0 saturated heterocycles. The third kappa shape index (κ3) is 3.99. The van der Waals surface area contributed by atoms with E-state index in [0.717, 1.165) is 38.0 Å². The van der Waals surface area contributed by atoms with Crippen LogP contribution < -0.4 is 4.74 Å². The molecule has 1 aliphatic rings. The summed E-state index contributed by atoms with van der Waals surface area (Å²) in [6.07, 6.45) is 5.40. The van der Waals surface area contributed by atoms with E-state index in [9.17, 15) is 4.79 Å². The van der Waals surface area contributed by atoms with E-state index in [0.29, 0.717) is 5.92 Å². The maximum absolute atomic E-state index is 11.3. The number of rotatable bonds is 5. The summed E-state index contributed by atoms with van der Waals surface area (Å²) < 4.78 is 11.2. The highest BCUT2D eigenvalue weighted by molar-refractivity contribution is 5.66. The molecule has 1 aliphatic carbocycles. The first kappa shape index (κ1) is 14.9. The van der Waals surface area contributed by atoms with Gasteiger partial charge in [-0.3, -0.25) is 4.79 Å². The van der Waals surface area contributed by atoms with Crippen LogP contribution in [0.5, 0.6) is 5.75 Å². The number of hydrogen-bond acceptors (Lipinski definition) is 3. The van der Waals surface area contributed by atoms with Gasteiger partial charge in [-0.25, -0.2) is 0 Å². The minimum atomic E-state index is -0.180. The quantitative estimate of drug-likeness (QED) is 0.761. The fraction of sp³-hybridized carbons (Fsp3) is 0.588. The molecule has 3 heteroatoms. The third-order valence-electron chi connectivity index (χ3n) is 3.78. The topological polar surface area (TPSA) is 35.5 Å². The van der Waals surface area contributed by atoms with E-state index in [2.05, 4.69) is 19.1 Å². The normalized spacial score (nSPS) is 22.3. The van der Waals surface area contributed by atoms with Crippen molar-refractivity contribution in [1.29, 1.82) is 0 Å². The van der Waals surface area contributed by atoms with Gasteiger partial charge in [-0.15, -0.1) is 0 Å². The van der Waals surface area contributed by atoms with E-state index < -0.39 is 0 Å². The van der Waals surface area contributed by atoms with Crippen LogP contribution in [0.2, 0.25) is 0 Å². The average Bonchev–Trinajstić information content (AvgIpc) is 2.45. The Balaban J connectivity index is 2.12. The molecule has 0 spiro atoms. The highest BCUT2D eigenvalue weighted by Crippen LogP contribution is 2.36. The lowest BCUT2D eigenvalue weighted by molar-refractivity contribution is -0.148. The maximum atomic E-state index is 11.3. The zero-order chi connectivity index (χ0) is 14.4. The lowest BCUT2D eigenvalue weighted by Gasteiger charge is -2.31. The van der Waals surface area contributed by atoms with Gasteiger partial charge < -0.3 is 9.47 Å². The Bertz CT molecular complexity index is 442. The van der Waals surface area contributed by atoms with E-state index in [1.54, 1.807) is 0 Å². The van der Waals surface area contributed by atoms with Gasteiger partial charge in [0.2, 0.25) is 0 Å². The van der Waals surface area contributed by atoms with Crippen molar-refractivity contribution in [3.8, 4) is 5.75 Å². The molecule has 2 atom stereocenters. The Morgan fingerprint density at radius 1 is 1.30 bits per heavy atom. The molecule has 1 saturated carbocycles. The molecule has 0 unspecified atom stereocenters. The lowest BCUT2D eigenvalue weighted by atomic mass is 9.81. The average molecular weight is 276 g/mol. The molecule has 20 heavy (non-hydrogen) atoms. The number of hydrogen-bond donors (Lipinski definition) is 0. The minimum absolute atomic E-state index is 0.0164. The summed E-state index contributed by atoms with van der Waals surface area (Å²) in [6, 6.07) is 8.23. The van der Waals surface area contributed by atoms with E-state index in [-0.39, 0.29) is 12.1 Å². The van der Waals surface area contributed by atoms with Crippen molar-refractivity contribution in [2.75, 3.05) is 6.61 Å². The number of benzene rings is 1. The number of carbonyl (C=O) groups excluding carboxylic acids is 1. The predicted molar refractivity (Wildman–Crippen MR) is 79.0 cm³/mol. The molecule has 0 amide bonds. The van der Waals surface area contributed by atoms with Crippen LogP contribution in [0.15, 0.2) is 24.3 Å². The number of carbonyl (C=O) groups is 1. The van der Waals surface area contributed by atoms with Crippen LogP contribution in [0.1, 0.15) is 57.4 Å². The summed E-state index contributed by atoms with van der Waals surface area (Å²) in [5, 5.41) is 0. The van der Waals surface area contributed by atoms with E-state index >= 15 is 0 Å². The Morgan fingerprint density at radius 2 is 2.10 bits per heavy atom. The second kappa shape index (κ2) is 7.32. The molecular formula is C17H24O3. The van der Waals surface area contributed by atoms with Crippen molar-refractivity contribution in [1.82, 2.24) is 0 Å². The highest BCUT2D eigenvalue weighted by atomic mass is 16.5. The fourth-order valence-electron chi connectivity index (χ4n) is 2.89. The van der Waals surface area contributed by atoms with Crippen molar-refractivity contribution in [2.24, 2.45) is 0 Å². The van der Waals surface area contributed by atoms with Gasteiger partial charge >= 0.3 is 5.97 Å². The Morgan fingerprint density at radius 3 is 2.85 bits per heavy atom. The first-order valence-corrected chi connectivity index (χ1v) is 7.60. The maximum Gasteiger partial charge on any atom is 0.302 e. The van der Waals surface area contributed by atoms with E-state index in [4.69, 9.17) is 9.47 Å². The summed E-state index contributed by atoms with van der Waals surface area (Å²) >= 11 is 0. The van der Waals surface area contributed by atoms with Crippen LogP contribution in [0.4, 0.5) is 0 Å². The molecule has 3 nitrogen and oxygen atoms in total. The van der Waals surface area contributed by atoms with Gasteiger partial charge in [-0.2, -0.15) is 0 Å². The molecule has 0 bridgehead atoms. The zero-order valence-electron chi connectivity index (χ0n) is 12.4. The second-order valence-electron chi connectivity index (χ2n) is 5.46. The smallest absolute Gasteiger partial charge is 0.302 e. The van der Waals surface area contributed by atoms with Crippen molar-refractivity contribution >= 4 is 5.97 Å². The van der Waals surface area contributed by atoms with Gasteiger partial charge in [0.25, 0.3) is 0 Å². The highest BCUT2D eigenvalue weighted by Gasteiger charge is 2.29. The van der Waals surface area contributed by atoms with Crippen LogP contribution >= 0.6 is 0 Å². The van der Waals surface area contributed by atoms with Crippen LogP contribution in [-0.2, 0) is 9.53 Å². The Labute approximate surface area is 121 Å². The van der Waals surface area contributed by atoms with Gasteiger partial charge in [0.1, 0.15) is 11.9 Å². The molecule has 0 radical (unpaired) electrons. The Hall–Kier alpha value is -1.51. The first-order valence-electron chi connectivity index (χ1n) is 7.60. The van der Waals surface area contributed by atoms with Gasteiger partial charge in [0.15, 0.2) is 0 Å². The minimum Gasteiger partial charge on any atom is -0.494 e. The zero-order valence-corrected chi connectivity index (χ0v) is 12.4. The van der Waals surface area contributed by atoms with Crippen LogP contribution in [-0.4, -0.2) is 18.7 Å². The summed E-state index contributed by atoms with van der Waals surface area (Å²) in [5.74, 6) is 1.04. The largest absolute Gasteiger partial charge is 0.494 e. The molecular weight excluding hydrogens is 252 g/mol. The number of esters is 1. The molecule has 0 aliphatic heterocycles. The fourth-order valence-corrected chi connectivity index (χ4v) is 2.89. The van der Waals surface area contributed by atoms with Crippen molar-refractivity contribution < 1.29 is 14.3 Å². The summed E-state index contributed by atoms with van der Waals surface area (Å²) in [7, 11) is 0. The summed E-state index contributed by atoms with van der Waals surface area (Å²) in [4.78, 5) is 11.3. The van der Waals surface area contributed by atoms with Crippen molar-refractivity contribution in [3.05, 3.63) is 29.8 Å². The second-order valence-corrected chi connectivity index (χ2v) is 5.46. The van der Waals surface area contributed by atoms with Crippen LogP contribution in [0, 0.1) is 0 Å². The lowest BCUT2D eigenvalue weighted by Crippen LogP contribution is -2.27. The monoisotopic (exact) mass is 276 g/mol. The standard InChI is InChI=1S/C17H24O3/c1-3-11-19-15-8-6-7-14(12-15)16-9-4-5-10-17(16)20-13(2)18/h6-8,12,16-17H,3-5,9-11H2,1-2H3/t16-,17+/m0/s1. The summed E-state index contributed by atoms with van der Waals surface area (Å²) in [5.41, 5.74) is 1.23. The van der Waals surface area contributed by atoms with Crippen LogP contribution in [0.25, 0.3) is 0 Å². The molecule has 0 aromatic heterocycles. The molecule has 0 heterocycles. The molecule has 2 rings (SSSR count). The van der Waals surface area contributed by atoms with Gasteiger partial charge in [-0.1, -0.05) is 25.5 Å². The van der Waals surface area contributed by atoms with Crippen molar-refractivity contribution in [3.63, 3.8) is 0 Å². The third-order valence-corrected chi connectivity index (χ3v) is 3.78. The SMILES string of the molecule is CCCOc1cccc([C@@H]2CCCC[C@H]2OC(C)=O)c1. The Kier molecular flexibility index (Phi) is 5.45. The van der Waals surface area contributed by atoms with Gasteiger partial charge in [0, 0.05) is 12.8 Å². The van der Waals surface area contributed by atoms with E-state index in [1.165, 1.54) is 18.9 Å². The van der Waals surface area contributed by atoms with Crippen molar-refractivity contribution in [2.45, 2.75) is 58.0 Å². The predicted octanol–water partition coefficient (Wildman–Crippen LogP) is 4.06. The van der Waals surface area contributed by atoms with E-state index in [1.807, 2.05) is 12.1 Å². The molecule has 110 valence electrons. The molecule has 1 aromatic rings. The number of ether oxygens (including phenoxy) is 2. The van der Waals surface area contributed by atoms with Gasteiger partial charge in [-0.05, 0) is 43.4 Å².